The number of halogens is 2. The topological polar surface area (TPSA) is 99.2 Å². The number of benzene rings is 2. The van der Waals surface area contributed by atoms with Crippen LogP contribution in [0.25, 0.3) is 0 Å². The van der Waals surface area contributed by atoms with Crippen molar-refractivity contribution >= 4 is 11.9 Å². The third-order valence-corrected chi connectivity index (χ3v) is 7.90. The summed E-state index contributed by atoms with van der Waals surface area (Å²) in [5.41, 5.74) is 2.29. The summed E-state index contributed by atoms with van der Waals surface area (Å²) in [4.78, 5) is 20.6. The molecule has 7 nitrogen and oxygen atoms in total. The average molecular weight is 566 g/mol. The number of aliphatic hydroxyl groups is 1. The maximum Gasteiger partial charge on any atom is 0.222 e. The van der Waals surface area contributed by atoms with E-state index in [-0.39, 0.29) is 30.3 Å². The van der Waals surface area contributed by atoms with Crippen molar-refractivity contribution in [2.24, 2.45) is 0 Å². The summed E-state index contributed by atoms with van der Waals surface area (Å²) in [6, 6.07) is 13.1. The molecule has 41 heavy (non-hydrogen) atoms. The number of nitrogens with one attached hydrogen (secondary N) is 3. The summed E-state index contributed by atoms with van der Waals surface area (Å²) in [7, 11) is 0. The lowest BCUT2D eigenvalue weighted by Gasteiger charge is -2.43. The fourth-order valence-corrected chi connectivity index (χ4v) is 5.63. The first kappa shape index (κ1) is 30.5. The van der Waals surface area contributed by atoms with Gasteiger partial charge in [0.05, 0.1) is 12.1 Å². The molecule has 9 heteroatoms. The summed E-state index contributed by atoms with van der Waals surface area (Å²) in [6.45, 7) is 8.10. The summed E-state index contributed by atoms with van der Waals surface area (Å²) < 4.78 is 27.7. The van der Waals surface area contributed by atoms with E-state index in [4.69, 9.17) is 0 Å². The molecule has 220 valence electrons. The molecular weight excluding hydrogens is 524 g/mol. The Morgan fingerprint density at radius 3 is 2.32 bits per heavy atom. The van der Waals surface area contributed by atoms with Gasteiger partial charge < -0.3 is 21.1 Å². The van der Waals surface area contributed by atoms with Crippen LogP contribution in [0.5, 0.6) is 0 Å². The first-order valence-corrected chi connectivity index (χ1v) is 14.2. The normalized spacial score (nSPS) is 20.7. The zero-order valence-electron chi connectivity index (χ0n) is 24.3. The van der Waals surface area contributed by atoms with Crippen molar-refractivity contribution in [2.75, 3.05) is 11.9 Å². The molecule has 1 amide bonds. The highest BCUT2D eigenvalue weighted by Gasteiger charge is 2.38. The van der Waals surface area contributed by atoms with E-state index in [0.717, 1.165) is 37.3 Å². The lowest BCUT2D eigenvalue weighted by molar-refractivity contribution is -0.120. The number of hydrogen-bond donors (Lipinski definition) is 4. The molecule has 0 aliphatic heterocycles. The smallest absolute Gasteiger partial charge is 0.222 e. The molecule has 1 aliphatic rings. The molecule has 2 aromatic carbocycles. The van der Waals surface area contributed by atoms with Gasteiger partial charge in [-0.3, -0.25) is 4.79 Å². The molecule has 0 saturated heterocycles. The van der Waals surface area contributed by atoms with E-state index in [9.17, 15) is 18.7 Å². The molecule has 0 radical (unpaired) electrons. The Labute approximate surface area is 241 Å². The lowest BCUT2D eigenvalue weighted by atomic mass is 9.73. The second-order valence-electron chi connectivity index (χ2n) is 12.1. The molecule has 1 aromatic heterocycles. The zero-order chi connectivity index (χ0) is 29.6. The highest BCUT2D eigenvalue weighted by atomic mass is 19.1. The number of carbonyl (C=O) groups is 1. The molecule has 4 N–H and O–H groups in total. The third kappa shape index (κ3) is 8.30. The Balaban J connectivity index is 1.54. The molecule has 1 heterocycles. The van der Waals surface area contributed by atoms with E-state index in [0.29, 0.717) is 11.5 Å². The molecule has 1 fully saturated rings. The Kier molecular flexibility index (Phi) is 9.71. The van der Waals surface area contributed by atoms with Crippen LogP contribution in [0, 0.1) is 11.6 Å². The molecule has 2 atom stereocenters. The first-order valence-electron chi connectivity index (χ1n) is 14.2. The summed E-state index contributed by atoms with van der Waals surface area (Å²) in [5, 5.41) is 21.2. The van der Waals surface area contributed by atoms with E-state index < -0.39 is 29.3 Å². The molecule has 1 aliphatic carbocycles. The van der Waals surface area contributed by atoms with Crippen molar-refractivity contribution in [3.8, 4) is 0 Å². The fraction of sp³-hybridized carbons (Fsp3) is 0.469. The SMILES string of the molecule is CC(=O)NC(Cc1cc(F)cc(F)c1)C(O)CNC1(c2cccc(C(C)(C)C)c2)CCC(Nc2ncccn2)CC1. The minimum atomic E-state index is -0.999. The van der Waals surface area contributed by atoms with E-state index in [1.807, 2.05) is 0 Å². The van der Waals surface area contributed by atoms with Crippen molar-refractivity contribution < 1.29 is 18.7 Å². The van der Waals surface area contributed by atoms with E-state index in [1.165, 1.54) is 24.6 Å². The highest BCUT2D eigenvalue weighted by molar-refractivity contribution is 5.73. The van der Waals surface area contributed by atoms with E-state index in [1.54, 1.807) is 18.5 Å². The number of anilines is 1. The predicted octanol–water partition coefficient (Wildman–Crippen LogP) is 5.00. The number of amides is 1. The van der Waals surface area contributed by atoms with Crippen LogP contribution in [0.3, 0.4) is 0 Å². The molecule has 0 bridgehead atoms. The molecule has 1 saturated carbocycles. The number of carbonyl (C=O) groups excluding carboxylic acids is 1. The van der Waals surface area contributed by atoms with Gasteiger partial charge in [0.15, 0.2) is 0 Å². The van der Waals surface area contributed by atoms with Crippen LogP contribution in [0.1, 0.15) is 70.1 Å². The van der Waals surface area contributed by atoms with Gasteiger partial charge in [-0.05, 0) is 72.4 Å². The molecule has 2 unspecified atom stereocenters. The monoisotopic (exact) mass is 565 g/mol. The number of aromatic nitrogens is 2. The van der Waals surface area contributed by atoms with Crippen LogP contribution in [0.15, 0.2) is 60.9 Å². The number of hydrogen-bond acceptors (Lipinski definition) is 6. The zero-order valence-corrected chi connectivity index (χ0v) is 24.3. The molecule has 3 aromatic rings. The van der Waals surface area contributed by atoms with Crippen LogP contribution in [-0.2, 0) is 22.2 Å². The summed E-state index contributed by atoms with van der Waals surface area (Å²) in [6.07, 6.45) is 5.85. The highest BCUT2D eigenvalue weighted by Crippen LogP contribution is 2.39. The van der Waals surface area contributed by atoms with Gasteiger partial charge in [0.2, 0.25) is 11.9 Å². The predicted molar refractivity (Wildman–Crippen MR) is 156 cm³/mol. The number of nitrogens with zero attached hydrogens (tertiary/aromatic N) is 2. The second kappa shape index (κ2) is 13.0. The Morgan fingerprint density at radius 2 is 1.71 bits per heavy atom. The molecule has 0 spiro atoms. The van der Waals surface area contributed by atoms with Gasteiger partial charge in [-0.1, -0.05) is 45.0 Å². The third-order valence-electron chi connectivity index (χ3n) is 7.90. The fourth-order valence-electron chi connectivity index (χ4n) is 5.63. The Bertz CT molecular complexity index is 1290. The van der Waals surface area contributed by atoms with Crippen molar-refractivity contribution in [1.82, 2.24) is 20.6 Å². The van der Waals surface area contributed by atoms with E-state index >= 15 is 0 Å². The quantitative estimate of drug-likeness (QED) is 0.276. The largest absolute Gasteiger partial charge is 0.390 e. The van der Waals surface area contributed by atoms with E-state index in [2.05, 4.69) is 71.0 Å². The van der Waals surface area contributed by atoms with Crippen LogP contribution in [0.2, 0.25) is 0 Å². The number of rotatable bonds is 10. The standard InChI is InChI=1S/C32H41F2N5O2/c1-21(40)38-28(17-22-15-25(33)19-26(34)16-22)29(41)20-37-32(24-8-5-7-23(18-24)31(2,3)4)11-9-27(10-12-32)39-30-35-13-6-14-36-30/h5-8,13-16,18-19,27-29,37,41H,9-12,17,20H2,1-4H3,(H,38,40)(H,35,36,39). The van der Waals surface area contributed by atoms with Crippen LogP contribution in [-0.4, -0.2) is 45.7 Å². The summed E-state index contributed by atoms with van der Waals surface area (Å²) >= 11 is 0. The minimum absolute atomic E-state index is 0.0309. The maximum absolute atomic E-state index is 13.8. The molecule has 4 rings (SSSR count). The van der Waals surface area contributed by atoms with Gasteiger partial charge in [0.1, 0.15) is 11.6 Å². The maximum atomic E-state index is 13.8. The van der Waals surface area contributed by atoms with Gasteiger partial charge in [0.25, 0.3) is 0 Å². The van der Waals surface area contributed by atoms with Gasteiger partial charge >= 0.3 is 0 Å². The van der Waals surface area contributed by atoms with Gasteiger partial charge in [0, 0.05) is 43.5 Å². The second-order valence-corrected chi connectivity index (χ2v) is 12.1. The van der Waals surface area contributed by atoms with Crippen LogP contribution < -0.4 is 16.0 Å². The van der Waals surface area contributed by atoms with Crippen molar-refractivity contribution in [2.45, 2.75) is 88.9 Å². The average Bonchev–Trinajstić information content (AvgIpc) is 2.92. The Hall–Kier alpha value is -3.43. The van der Waals surface area contributed by atoms with Crippen molar-refractivity contribution in [3.05, 3.63) is 89.2 Å². The van der Waals surface area contributed by atoms with Crippen LogP contribution >= 0.6 is 0 Å². The van der Waals surface area contributed by atoms with Gasteiger partial charge in [-0.15, -0.1) is 0 Å². The van der Waals surface area contributed by atoms with Gasteiger partial charge in [-0.25, -0.2) is 18.7 Å². The van der Waals surface area contributed by atoms with Gasteiger partial charge in [-0.2, -0.15) is 0 Å². The molecular formula is C32H41F2N5O2. The minimum Gasteiger partial charge on any atom is -0.390 e. The Morgan fingerprint density at radius 1 is 1.05 bits per heavy atom. The van der Waals surface area contributed by atoms with Crippen molar-refractivity contribution in [1.29, 1.82) is 0 Å². The van der Waals surface area contributed by atoms with Crippen molar-refractivity contribution in [3.63, 3.8) is 0 Å². The lowest BCUT2D eigenvalue weighted by Crippen LogP contribution is -2.54. The summed E-state index contributed by atoms with van der Waals surface area (Å²) in [5.74, 6) is -1.11. The first-order chi connectivity index (χ1) is 19.4. The number of aliphatic hydroxyl groups excluding tert-OH is 1. The van der Waals surface area contributed by atoms with Crippen LogP contribution in [0.4, 0.5) is 14.7 Å².